The van der Waals surface area contributed by atoms with Crippen LogP contribution >= 0.6 is 0 Å². The Hall–Kier alpha value is -1.51. The van der Waals surface area contributed by atoms with Gasteiger partial charge in [-0.1, -0.05) is 45.4 Å². The lowest BCUT2D eigenvalue weighted by molar-refractivity contribution is -0.120. The maximum absolute atomic E-state index is 11.6. The van der Waals surface area contributed by atoms with E-state index in [0.29, 0.717) is 18.9 Å². The van der Waals surface area contributed by atoms with Crippen LogP contribution in [0.2, 0.25) is 0 Å². The van der Waals surface area contributed by atoms with E-state index in [1.807, 2.05) is 6.07 Å². The van der Waals surface area contributed by atoms with Gasteiger partial charge in [-0.2, -0.15) is 0 Å². The summed E-state index contributed by atoms with van der Waals surface area (Å²) in [6.07, 6.45) is 2.69. The molecule has 0 radical (unpaired) electrons. The third kappa shape index (κ3) is 5.77. The molecule has 1 amide bonds. The molecule has 3 heteroatoms. The van der Waals surface area contributed by atoms with E-state index in [4.69, 9.17) is 0 Å². The average molecular weight is 262 g/mol. The first kappa shape index (κ1) is 15.5. The van der Waals surface area contributed by atoms with Crippen molar-refractivity contribution < 1.29 is 4.79 Å². The fraction of sp³-hybridized carbons (Fsp3) is 0.562. The van der Waals surface area contributed by atoms with Gasteiger partial charge in [-0.25, -0.2) is 0 Å². The van der Waals surface area contributed by atoms with Crippen LogP contribution in [0.4, 0.5) is 5.69 Å². The van der Waals surface area contributed by atoms with E-state index in [9.17, 15) is 4.79 Å². The van der Waals surface area contributed by atoms with E-state index in [0.717, 1.165) is 25.1 Å². The van der Waals surface area contributed by atoms with E-state index in [1.54, 1.807) is 0 Å². The molecule has 0 unspecified atom stereocenters. The van der Waals surface area contributed by atoms with Gasteiger partial charge in [0.2, 0.25) is 5.91 Å². The standard InChI is InChI=1S/C16H26N2O/c1-4-5-11-18-16(19)10-12-17-15-9-7-6-8-14(15)13(2)3/h6-9,13,17H,4-5,10-12H2,1-3H3,(H,18,19). The van der Waals surface area contributed by atoms with E-state index < -0.39 is 0 Å². The number of para-hydroxylation sites is 1. The molecule has 106 valence electrons. The Morgan fingerprint density at radius 2 is 1.95 bits per heavy atom. The summed E-state index contributed by atoms with van der Waals surface area (Å²) in [4.78, 5) is 11.6. The van der Waals surface area contributed by atoms with Gasteiger partial charge in [0.15, 0.2) is 0 Å². The minimum absolute atomic E-state index is 0.128. The molecule has 0 bridgehead atoms. The molecule has 0 aliphatic heterocycles. The van der Waals surface area contributed by atoms with Gasteiger partial charge in [0, 0.05) is 25.2 Å². The number of unbranched alkanes of at least 4 members (excludes halogenated alkanes) is 1. The van der Waals surface area contributed by atoms with Crippen molar-refractivity contribution in [3.8, 4) is 0 Å². The summed E-state index contributed by atoms with van der Waals surface area (Å²) < 4.78 is 0. The predicted octanol–water partition coefficient (Wildman–Crippen LogP) is 3.53. The third-order valence-electron chi connectivity index (χ3n) is 3.10. The Labute approximate surface area is 116 Å². The molecule has 0 atom stereocenters. The van der Waals surface area contributed by atoms with E-state index >= 15 is 0 Å². The van der Waals surface area contributed by atoms with Crippen LogP contribution < -0.4 is 10.6 Å². The van der Waals surface area contributed by atoms with Gasteiger partial charge in [-0.05, 0) is 24.0 Å². The first-order valence-electron chi connectivity index (χ1n) is 7.24. The molecule has 2 N–H and O–H groups in total. The molecule has 0 fully saturated rings. The van der Waals surface area contributed by atoms with Crippen molar-refractivity contribution in [3.05, 3.63) is 29.8 Å². The number of hydrogen-bond donors (Lipinski definition) is 2. The highest BCUT2D eigenvalue weighted by molar-refractivity contribution is 5.76. The van der Waals surface area contributed by atoms with Crippen molar-refractivity contribution in [1.82, 2.24) is 5.32 Å². The van der Waals surface area contributed by atoms with Gasteiger partial charge in [-0.15, -0.1) is 0 Å². The Balaban J connectivity index is 2.35. The highest BCUT2D eigenvalue weighted by Crippen LogP contribution is 2.23. The lowest BCUT2D eigenvalue weighted by Gasteiger charge is -2.14. The molecule has 1 rings (SSSR count). The van der Waals surface area contributed by atoms with Crippen molar-refractivity contribution >= 4 is 11.6 Å². The highest BCUT2D eigenvalue weighted by Gasteiger charge is 2.06. The summed E-state index contributed by atoms with van der Waals surface area (Å²) in [7, 11) is 0. The second-order valence-corrected chi connectivity index (χ2v) is 5.12. The topological polar surface area (TPSA) is 41.1 Å². The van der Waals surface area contributed by atoms with E-state index in [1.165, 1.54) is 5.56 Å². The molecule has 1 aromatic rings. The van der Waals surface area contributed by atoms with Crippen molar-refractivity contribution in [2.24, 2.45) is 0 Å². The number of rotatable bonds is 8. The summed E-state index contributed by atoms with van der Waals surface area (Å²) in [6, 6.07) is 8.28. The van der Waals surface area contributed by atoms with Crippen LogP contribution in [0, 0.1) is 0 Å². The van der Waals surface area contributed by atoms with Crippen LogP contribution in [0.1, 0.15) is 51.5 Å². The normalized spacial score (nSPS) is 10.5. The fourth-order valence-electron chi connectivity index (χ4n) is 1.97. The second kappa shape index (κ2) is 8.57. The maximum atomic E-state index is 11.6. The van der Waals surface area contributed by atoms with Gasteiger partial charge in [0.05, 0.1) is 0 Å². The highest BCUT2D eigenvalue weighted by atomic mass is 16.1. The van der Waals surface area contributed by atoms with Crippen LogP contribution in [0.25, 0.3) is 0 Å². The van der Waals surface area contributed by atoms with Gasteiger partial charge in [0.1, 0.15) is 0 Å². The Morgan fingerprint density at radius 3 is 2.63 bits per heavy atom. The molecule has 0 saturated carbocycles. The van der Waals surface area contributed by atoms with Gasteiger partial charge in [0.25, 0.3) is 0 Å². The molecule has 0 saturated heterocycles. The minimum atomic E-state index is 0.128. The smallest absolute Gasteiger partial charge is 0.221 e. The zero-order valence-electron chi connectivity index (χ0n) is 12.3. The van der Waals surface area contributed by atoms with Crippen LogP contribution in [-0.4, -0.2) is 19.0 Å². The third-order valence-corrected chi connectivity index (χ3v) is 3.10. The SMILES string of the molecule is CCCCNC(=O)CCNc1ccccc1C(C)C. The molecule has 0 aromatic heterocycles. The maximum Gasteiger partial charge on any atom is 0.221 e. The molecular formula is C16H26N2O. The van der Waals surface area contributed by atoms with E-state index in [-0.39, 0.29) is 5.91 Å². The Morgan fingerprint density at radius 1 is 1.21 bits per heavy atom. The molecular weight excluding hydrogens is 236 g/mol. The quantitative estimate of drug-likeness (QED) is 0.704. The van der Waals surface area contributed by atoms with Crippen molar-refractivity contribution in [2.45, 2.75) is 46.0 Å². The summed E-state index contributed by atoms with van der Waals surface area (Å²) in [5, 5.41) is 6.28. The number of amides is 1. The van der Waals surface area contributed by atoms with Crippen molar-refractivity contribution in [2.75, 3.05) is 18.4 Å². The number of nitrogens with one attached hydrogen (secondary N) is 2. The van der Waals surface area contributed by atoms with Crippen LogP contribution in [0.5, 0.6) is 0 Å². The fourth-order valence-corrected chi connectivity index (χ4v) is 1.97. The summed E-state index contributed by atoms with van der Waals surface area (Å²) in [5.41, 5.74) is 2.44. The first-order valence-corrected chi connectivity index (χ1v) is 7.24. The number of carbonyl (C=O) groups is 1. The molecule has 1 aromatic carbocycles. The molecule has 0 spiro atoms. The summed E-state index contributed by atoms with van der Waals surface area (Å²) in [6.45, 7) is 7.95. The number of hydrogen-bond acceptors (Lipinski definition) is 2. The minimum Gasteiger partial charge on any atom is -0.384 e. The van der Waals surface area contributed by atoms with Crippen LogP contribution in [0.3, 0.4) is 0 Å². The lowest BCUT2D eigenvalue weighted by atomic mass is 10.0. The summed E-state index contributed by atoms with van der Waals surface area (Å²) >= 11 is 0. The number of carbonyl (C=O) groups excluding carboxylic acids is 1. The molecule has 0 heterocycles. The lowest BCUT2D eigenvalue weighted by Crippen LogP contribution is -2.26. The predicted molar refractivity (Wildman–Crippen MR) is 81.6 cm³/mol. The zero-order chi connectivity index (χ0) is 14.1. The van der Waals surface area contributed by atoms with E-state index in [2.05, 4.69) is 49.6 Å². The molecule has 0 aliphatic rings. The second-order valence-electron chi connectivity index (χ2n) is 5.12. The molecule has 0 aliphatic carbocycles. The van der Waals surface area contributed by atoms with Crippen LogP contribution in [-0.2, 0) is 4.79 Å². The first-order chi connectivity index (χ1) is 9.15. The van der Waals surface area contributed by atoms with Gasteiger partial charge in [-0.3, -0.25) is 4.79 Å². The largest absolute Gasteiger partial charge is 0.384 e. The average Bonchev–Trinajstić information content (AvgIpc) is 2.39. The Kier molecular flexibility index (Phi) is 7.01. The molecule has 3 nitrogen and oxygen atoms in total. The monoisotopic (exact) mass is 262 g/mol. The number of benzene rings is 1. The van der Waals surface area contributed by atoms with Gasteiger partial charge < -0.3 is 10.6 Å². The van der Waals surface area contributed by atoms with Crippen LogP contribution in [0.15, 0.2) is 24.3 Å². The van der Waals surface area contributed by atoms with Crippen molar-refractivity contribution in [3.63, 3.8) is 0 Å². The summed E-state index contributed by atoms with van der Waals surface area (Å²) in [5.74, 6) is 0.616. The molecule has 19 heavy (non-hydrogen) atoms. The Bertz CT molecular complexity index is 388. The number of anilines is 1. The van der Waals surface area contributed by atoms with Gasteiger partial charge >= 0.3 is 0 Å². The zero-order valence-corrected chi connectivity index (χ0v) is 12.3. The van der Waals surface area contributed by atoms with Crippen molar-refractivity contribution in [1.29, 1.82) is 0 Å².